The van der Waals surface area contributed by atoms with Gasteiger partial charge in [0.05, 0.1) is 0 Å². The molecule has 0 aliphatic carbocycles. The summed E-state index contributed by atoms with van der Waals surface area (Å²) >= 11 is 3.41. The zero-order chi connectivity index (χ0) is 13.6. The van der Waals surface area contributed by atoms with Crippen LogP contribution in [0.25, 0.3) is 0 Å². The van der Waals surface area contributed by atoms with Gasteiger partial charge in [0.15, 0.2) is 0 Å². The van der Waals surface area contributed by atoms with Gasteiger partial charge >= 0.3 is 0 Å². The predicted octanol–water partition coefficient (Wildman–Crippen LogP) is 3.31. The summed E-state index contributed by atoms with van der Waals surface area (Å²) in [4.78, 5) is 0. The van der Waals surface area contributed by atoms with E-state index in [-0.39, 0.29) is 5.41 Å². The number of phenols is 1. The lowest BCUT2D eigenvalue weighted by Gasteiger charge is -2.24. The molecule has 0 spiro atoms. The van der Waals surface area contributed by atoms with Crippen LogP contribution in [0.4, 0.5) is 0 Å². The van der Waals surface area contributed by atoms with Crippen molar-refractivity contribution in [1.29, 1.82) is 0 Å². The van der Waals surface area contributed by atoms with Crippen molar-refractivity contribution in [1.82, 2.24) is 5.32 Å². The molecule has 0 unspecified atom stereocenters. The molecule has 4 heteroatoms. The second-order valence-electron chi connectivity index (χ2n) is 5.28. The molecule has 0 aliphatic rings. The third kappa shape index (κ3) is 5.38. The molecule has 0 saturated carbocycles. The van der Waals surface area contributed by atoms with Gasteiger partial charge < -0.3 is 15.2 Å². The number of phenolic OH excluding ortho intramolecular Hbond substituents is 1. The maximum Gasteiger partial charge on any atom is 0.120 e. The van der Waals surface area contributed by atoms with Crippen molar-refractivity contribution in [3.05, 3.63) is 28.2 Å². The van der Waals surface area contributed by atoms with Crippen LogP contribution in [0.2, 0.25) is 0 Å². The molecule has 0 radical (unpaired) electrons. The van der Waals surface area contributed by atoms with Crippen molar-refractivity contribution in [3.63, 3.8) is 0 Å². The lowest BCUT2D eigenvalue weighted by molar-refractivity contribution is 0.150. The van der Waals surface area contributed by atoms with Crippen LogP contribution >= 0.6 is 15.9 Å². The molecule has 18 heavy (non-hydrogen) atoms. The van der Waals surface area contributed by atoms with Crippen LogP contribution in [0, 0.1) is 5.41 Å². The monoisotopic (exact) mass is 315 g/mol. The number of aromatic hydroxyl groups is 1. The maximum atomic E-state index is 9.72. The van der Waals surface area contributed by atoms with E-state index in [4.69, 9.17) is 4.74 Å². The lowest BCUT2D eigenvalue weighted by atomic mass is 9.89. The van der Waals surface area contributed by atoms with E-state index >= 15 is 0 Å². The average Bonchev–Trinajstić information content (AvgIpc) is 2.31. The fraction of sp³-hybridized carbons (Fsp3) is 0.571. The van der Waals surface area contributed by atoms with E-state index in [1.54, 1.807) is 13.2 Å². The normalized spacial score (nSPS) is 11.8. The highest BCUT2D eigenvalue weighted by molar-refractivity contribution is 9.10. The zero-order valence-corrected chi connectivity index (χ0v) is 12.9. The molecule has 102 valence electrons. The molecule has 1 aromatic rings. The summed E-state index contributed by atoms with van der Waals surface area (Å²) in [5.41, 5.74) is 1.10. The SMILES string of the molecule is COCCC(C)(C)CNCc1cc(Br)ccc1O. The van der Waals surface area contributed by atoms with Crippen LogP contribution in [0.5, 0.6) is 5.75 Å². The Morgan fingerprint density at radius 3 is 2.78 bits per heavy atom. The average molecular weight is 316 g/mol. The van der Waals surface area contributed by atoms with Crippen molar-refractivity contribution in [2.75, 3.05) is 20.3 Å². The molecule has 0 aliphatic heterocycles. The first kappa shape index (κ1) is 15.5. The molecule has 0 fully saturated rings. The first-order valence-electron chi connectivity index (χ1n) is 6.12. The molecule has 0 atom stereocenters. The van der Waals surface area contributed by atoms with Crippen LogP contribution in [0.1, 0.15) is 25.8 Å². The van der Waals surface area contributed by atoms with Gasteiger partial charge in [-0.15, -0.1) is 0 Å². The first-order chi connectivity index (χ1) is 8.44. The van der Waals surface area contributed by atoms with Crippen molar-refractivity contribution >= 4 is 15.9 Å². The van der Waals surface area contributed by atoms with Crippen molar-refractivity contribution in [2.45, 2.75) is 26.8 Å². The summed E-state index contributed by atoms with van der Waals surface area (Å²) in [5, 5.41) is 13.1. The Hall–Kier alpha value is -0.580. The van der Waals surface area contributed by atoms with Crippen molar-refractivity contribution < 1.29 is 9.84 Å². The Bertz CT molecular complexity index is 380. The highest BCUT2D eigenvalue weighted by Gasteiger charge is 2.17. The fourth-order valence-electron chi connectivity index (χ4n) is 1.70. The van der Waals surface area contributed by atoms with E-state index in [0.717, 1.165) is 29.6 Å². The number of methoxy groups -OCH3 is 1. The van der Waals surface area contributed by atoms with E-state index in [2.05, 4.69) is 35.1 Å². The molecule has 0 heterocycles. The number of nitrogens with one attached hydrogen (secondary N) is 1. The number of rotatable bonds is 7. The molecular weight excluding hydrogens is 294 g/mol. The van der Waals surface area contributed by atoms with Gasteiger partial charge in [-0.3, -0.25) is 0 Å². The molecule has 1 aromatic carbocycles. The van der Waals surface area contributed by atoms with Crippen LogP contribution in [0.15, 0.2) is 22.7 Å². The summed E-state index contributed by atoms with van der Waals surface area (Å²) < 4.78 is 6.09. The summed E-state index contributed by atoms with van der Waals surface area (Å²) in [6.07, 6.45) is 1.01. The molecule has 3 nitrogen and oxygen atoms in total. The van der Waals surface area contributed by atoms with Gasteiger partial charge in [0.2, 0.25) is 0 Å². The number of benzene rings is 1. The topological polar surface area (TPSA) is 41.5 Å². The third-order valence-corrected chi connectivity index (χ3v) is 3.44. The number of hydrogen-bond acceptors (Lipinski definition) is 3. The summed E-state index contributed by atoms with van der Waals surface area (Å²) in [6.45, 7) is 6.75. The molecule has 2 N–H and O–H groups in total. The minimum atomic E-state index is 0.192. The van der Waals surface area contributed by atoms with Gasteiger partial charge in [-0.1, -0.05) is 29.8 Å². The van der Waals surface area contributed by atoms with E-state index in [0.29, 0.717) is 12.3 Å². The smallest absolute Gasteiger partial charge is 0.120 e. The second kappa shape index (κ2) is 7.12. The minimum Gasteiger partial charge on any atom is -0.508 e. The summed E-state index contributed by atoms with van der Waals surface area (Å²) in [5.74, 6) is 0.334. The molecular formula is C14H22BrNO2. The first-order valence-corrected chi connectivity index (χ1v) is 6.91. The predicted molar refractivity (Wildman–Crippen MR) is 77.8 cm³/mol. The summed E-state index contributed by atoms with van der Waals surface area (Å²) in [6, 6.07) is 5.48. The largest absolute Gasteiger partial charge is 0.508 e. The zero-order valence-electron chi connectivity index (χ0n) is 11.3. The van der Waals surface area contributed by atoms with E-state index < -0.39 is 0 Å². The van der Waals surface area contributed by atoms with Gasteiger partial charge in [-0.05, 0) is 30.0 Å². The molecule has 1 rings (SSSR count). The van der Waals surface area contributed by atoms with E-state index in [1.165, 1.54) is 0 Å². The van der Waals surface area contributed by atoms with Crippen LogP contribution in [-0.2, 0) is 11.3 Å². The maximum absolute atomic E-state index is 9.72. The number of ether oxygens (including phenoxy) is 1. The standard InChI is InChI=1S/C14H22BrNO2/c1-14(2,6-7-18-3)10-16-9-11-8-12(15)4-5-13(11)17/h4-5,8,16-17H,6-7,9-10H2,1-3H3. The van der Waals surface area contributed by atoms with Gasteiger partial charge in [-0.25, -0.2) is 0 Å². The summed E-state index contributed by atoms with van der Waals surface area (Å²) in [7, 11) is 1.73. The quantitative estimate of drug-likeness (QED) is 0.811. The second-order valence-corrected chi connectivity index (χ2v) is 6.20. The lowest BCUT2D eigenvalue weighted by Crippen LogP contribution is -2.30. The Morgan fingerprint density at radius 2 is 2.11 bits per heavy atom. The molecule has 0 bridgehead atoms. The van der Waals surface area contributed by atoms with E-state index in [9.17, 15) is 5.11 Å². The minimum absolute atomic E-state index is 0.192. The van der Waals surface area contributed by atoms with Gasteiger partial charge in [0.1, 0.15) is 5.75 Å². The fourth-order valence-corrected chi connectivity index (χ4v) is 2.11. The van der Waals surface area contributed by atoms with Crippen molar-refractivity contribution in [2.24, 2.45) is 5.41 Å². The third-order valence-electron chi connectivity index (χ3n) is 2.94. The van der Waals surface area contributed by atoms with Crippen LogP contribution in [0.3, 0.4) is 0 Å². The number of halogens is 1. The molecule has 0 saturated heterocycles. The highest BCUT2D eigenvalue weighted by Crippen LogP contribution is 2.23. The van der Waals surface area contributed by atoms with Crippen molar-refractivity contribution in [3.8, 4) is 5.75 Å². The molecule has 0 amide bonds. The Kier molecular flexibility index (Phi) is 6.12. The van der Waals surface area contributed by atoms with E-state index in [1.807, 2.05) is 12.1 Å². The highest BCUT2D eigenvalue weighted by atomic mass is 79.9. The Balaban J connectivity index is 2.43. The Labute approximate surface area is 118 Å². The molecule has 0 aromatic heterocycles. The Morgan fingerprint density at radius 1 is 1.39 bits per heavy atom. The van der Waals surface area contributed by atoms with Gasteiger partial charge in [-0.2, -0.15) is 0 Å². The van der Waals surface area contributed by atoms with Gasteiger partial charge in [0, 0.05) is 36.8 Å². The van der Waals surface area contributed by atoms with Gasteiger partial charge in [0.25, 0.3) is 0 Å². The number of hydrogen-bond donors (Lipinski definition) is 2. The van der Waals surface area contributed by atoms with Crippen LogP contribution in [-0.4, -0.2) is 25.4 Å². The van der Waals surface area contributed by atoms with Crippen LogP contribution < -0.4 is 5.32 Å².